The van der Waals surface area contributed by atoms with Gasteiger partial charge in [0.05, 0.1) is 0 Å². The Morgan fingerprint density at radius 3 is 1.17 bits per heavy atom. The Balaban J connectivity index is 4.54. The molecule has 0 saturated carbocycles. The number of carbonyl (C=O) groups excluding carboxylic acids is 3. The van der Waals surface area contributed by atoms with Gasteiger partial charge in [0, 0.05) is 19.3 Å². The van der Waals surface area contributed by atoms with Crippen molar-refractivity contribution in [3.8, 4) is 0 Å². The lowest BCUT2D eigenvalue weighted by Crippen LogP contribution is -2.30. The average Bonchev–Trinajstić information content (AvgIpc) is 3.28. The molecular weight excluding hydrogens is 781 g/mol. The van der Waals surface area contributed by atoms with Gasteiger partial charge in [-0.3, -0.25) is 14.4 Å². The van der Waals surface area contributed by atoms with Crippen LogP contribution in [0.4, 0.5) is 0 Å². The molecule has 0 rings (SSSR count). The van der Waals surface area contributed by atoms with Crippen molar-refractivity contribution in [3.63, 3.8) is 0 Å². The number of esters is 3. The van der Waals surface area contributed by atoms with Gasteiger partial charge in [0.15, 0.2) is 6.10 Å². The second-order valence-corrected chi connectivity index (χ2v) is 16.2. The Morgan fingerprint density at radius 2 is 0.698 bits per heavy atom. The van der Waals surface area contributed by atoms with Crippen molar-refractivity contribution >= 4 is 17.9 Å². The van der Waals surface area contributed by atoms with E-state index in [1.165, 1.54) is 57.8 Å². The van der Waals surface area contributed by atoms with Crippen LogP contribution in [0.1, 0.15) is 201 Å². The van der Waals surface area contributed by atoms with E-state index in [1.807, 2.05) is 72.9 Å². The van der Waals surface area contributed by atoms with Crippen molar-refractivity contribution in [2.24, 2.45) is 0 Å². The maximum atomic E-state index is 12.8. The molecule has 6 heteroatoms. The molecule has 0 fully saturated rings. The van der Waals surface area contributed by atoms with Gasteiger partial charge >= 0.3 is 17.9 Å². The van der Waals surface area contributed by atoms with Gasteiger partial charge < -0.3 is 14.2 Å². The Labute approximate surface area is 386 Å². The van der Waals surface area contributed by atoms with Crippen LogP contribution in [0.15, 0.2) is 122 Å². The highest BCUT2D eigenvalue weighted by atomic mass is 16.6. The van der Waals surface area contributed by atoms with Gasteiger partial charge in [-0.25, -0.2) is 0 Å². The van der Waals surface area contributed by atoms with Crippen molar-refractivity contribution < 1.29 is 28.6 Å². The molecule has 0 aromatic carbocycles. The molecule has 0 spiro atoms. The first-order chi connectivity index (χ1) is 31.0. The first kappa shape index (κ1) is 58.8. The second kappa shape index (κ2) is 50.5. The molecule has 63 heavy (non-hydrogen) atoms. The van der Waals surface area contributed by atoms with Crippen LogP contribution in [0.5, 0.6) is 0 Å². The van der Waals surface area contributed by atoms with E-state index in [0.29, 0.717) is 12.8 Å². The number of hydrogen-bond donors (Lipinski definition) is 0. The summed E-state index contributed by atoms with van der Waals surface area (Å²) in [4.78, 5) is 37.9. The van der Waals surface area contributed by atoms with Gasteiger partial charge in [0.25, 0.3) is 0 Å². The summed E-state index contributed by atoms with van der Waals surface area (Å²) in [5, 5.41) is 0. The van der Waals surface area contributed by atoms with E-state index >= 15 is 0 Å². The fourth-order valence-electron chi connectivity index (χ4n) is 6.44. The zero-order chi connectivity index (χ0) is 45.8. The van der Waals surface area contributed by atoms with Gasteiger partial charge in [0.2, 0.25) is 0 Å². The van der Waals surface area contributed by atoms with Gasteiger partial charge in [-0.05, 0) is 70.6 Å². The van der Waals surface area contributed by atoms with Crippen LogP contribution in [0, 0.1) is 0 Å². The van der Waals surface area contributed by atoms with Crippen LogP contribution in [-0.4, -0.2) is 37.2 Å². The summed E-state index contributed by atoms with van der Waals surface area (Å²) in [6.45, 7) is 6.30. The molecule has 0 amide bonds. The highest BCUT2D eigenvalue weighted by Gasteiger charge is 2.19. The smallest absolute Gasteiger partial charge is 0.306 e. The van der Waals surface area contributed by atoms with E-state index in [-0.39, 0.29) is 37.5 Å². The molecule has 0 aliphatic rings. The molecule has 0 aromatic rings. The van der Waals surface area contributed by atoms with Crippen molar-refractivity contribution in [2.75, 3.05) is 13.2 Å². The Bertz CT molecular complexity index is 1370. The number of unbranched alkanes of at least 4 members (excludes halogenated alkanes) is 18. The Morgan fingerprint density at radius 1 is 0.349 bits per heavy atom. The summed E-state index contributed by atoms with van der Waals surface area (Å²) in [5.41, 5.74) is 0. The number of rotatable bonds is 43. The van der Waals surface area contributed by atoms with Gasteiger partial charge in [-0.15, -0.1) is 0 Å². The number of allylic oxidation sites excluding steroid dienone is 20. The largest absolute Gasteiger partial charge is 0.462 e. The third kappa shape index (κ3) is 48.7. The van der Waals surface area contributed by atoms with Crippen LogP contribution < -0.4 is 0 Å². The van der Waals surface area contributed by atoms with Crippen LogP contribution in [0.2, 0.25) is 0 Å². The number of carbonyl (C=O) groups is 3. The van der Waals surface area contributed by atoms with Gasteiger partial charge in [0.1, 0.15) is 13.2 Å². The monoisotopic (exact) mass is 871 g/mol. The molecule has 0 aliphatic heterocycles. The average molecular weight is 871 g/mol. The fraction of sp³-hybridized carbons (Fsp3) is 0.596. The topological polar surface area (TPSA) is 78.9 Å². The quantitative estimate of drug-likeness (QED) is 0.0200. The summed E-state index contributed by atoms with van der Waals surface area (Å²) in [7, 11) is 0. The van der Waals surface area contributed by atoms with Crippen LogP contribution in [-0.2, 0) is 28.6 Å². The fourth-order valence-corrected chi connectivity index (χ4v) is 6.44. The minimum atomic E-state index is -0.810. The molecule has 1 unspecified atom stereocenters. The summed E-state index contributed by atoms with van der Waals surface area (Å²) in [5.74, 6) is -0.982. The maximum absolute atomic E-state index is 12.8. The van der Waals surface area contributed by atoms with Crippen LogP contribution in [0.3, 0.4) is 0 Å². The molecule has 0 heterocycles. The molecule has 0 radical (unpaired) electrons. The van der Waals surface area contributed by atoms with Gasteiger partial charge in [-0.2, -0.15) is 0 Å². The lowest BCUT2D eigenvalue weighted by atomic mass is 10.0. The molecule has 0 aromatic heterocycles. The molecule has 354 valence electrons. The zero-order valence-electron chi connectivity index (χ0n) is 40.3. The third-order valence-corrected chi connectivity index (χ3v) is 10.2. The highest BCUT2D eigenvalue weighted by Crippen LogP contribution is 2.14. The SMILES string of the molecule is CC\C=C/C=C\C=C/C=C\C=C\C=C/C=C\CCCCCC(=O)OCC(COC(=O)CCCCCCCCCCCCCC)OC(=O)CCCCCC/C=C\C/C=C\C/C=C\CC. The first-order valence-corrected chi connectivity index (χ1v) is 25.1. The lowest BCUT2D eigenvalue weighted by molar-refractivity contribution is -0.167. The third-order valence-electron chi connectivity index (χ3n) is 10.2. The maximum Gasteiger partial charge on any atom is 0.306 e. The summed E-state index contributed by atoms with van der Waals surface area (Å²) < 4.78 is 16.7. The predicted octanol–water partition coefficient (Wildman–Crippen LogP) is 16.5. The highest BCUT2D eigenvalue weighted by molar-refractivity contribution is 5.71. The minimum Gasteiger partial charge on any atom is -0.462 e. The standard InChI is InChI=1S/C57H90O6/c1-4-7-10-13-16-19-22-25-27-28-29-30-31-33-35-38-41-44-47-50-56(59)62-53-54(52-61-55(58)49-46-43-40-37-34-24-21-18-15-12-9-6-3)63-57(60)51-48-45-42-39-36-32-26-23-20-17-14-11-8-5-2/h7-8,10-11,13,16-17,19-20,22,25-33,35,54H,4-6,9,12,14-15,18,21,23-24,34,36-53H2,1-3H3/b10-7-,11-8-,16-13-,20-17-,22-19-,27-25-,29-28+,31-30-,32-26-,35-33-. The zero-order valence-corrected chi connectivity index (χ0v) is 40.3. The number of ether oxygens (including phenoxy) is 3. The predicted molar refractivity (Wildman–Crippen MR) is 269 cm³/mol. The van der Waals surface area contributed by atoms with E-state index in [9.17, 15) is 14.4 Å². The van der Waals surface area contributed by atoms with E-state index in [0.717, 1.165) is 103 Å². The molecule has 0 saturated heterocycles. The summed E-state index contributed by atoms with van der Waals surface area (Å²) in [6.07, 6.45) is 68.9. The van der Waals surface area contributed by atoms with Crippen LogP contribution >= 0.6 is 0 Å². The van der Waals surface area contributed by atoms with E-state index in [2.05, 4.69) is 69.4 Å². The van der Waals surface area contributed by atoms with Gasteiger partial charge in [-0.1, -0.05) is 232 Å². The molecule has 6 nitrogen and oxygen atoms in total. The number of hydrogen-bond acceptors (Lipinski definition) is 6. The summed E-state index contributed by atoms with van der Waals surface area (Å²) >= 11 is 0. The first-order valence-electron chi connectivity index (χ1n) is 25.1. The minimum absolute atomic E-state index is 0.104. The van der Waals surface area contributed by atoms with E-state index in [4.69, 9.17) is 14.2 Å². The summed E-state index contributed by atoms with van der Waals surface area (Å²) in [6, 6.07) is 0. The van der Waals surface area contributed by atoms with Crippen molar-refractivity contribution in [2.45, 2.75) is 207 Å². The lowest BCUT2D eigenvalue weighted by Gasteiger charge is -2.18. The van der Waals surface area contributed by atoms with Crippen molar-refractivity contribution in [3.05, 3.63) is 122 Å². The van der Waals surface area contributed by atoms with E-state index < -0.39 is 6.10 Å². The molecule has 1 atom stereocenters. The molecule has 0 bridgehead atoms. The Hall–Kier alpha value is -4.19. The van der Waals surface area contributed by atoms with Crippen LogP contribution in [0.25, 0.3) is 0 Å². The molecular formula is C57H90O6. The molecule has 0 N–H and O–H groups in total. The van der Waals surface area contributed by atoms with Crippen molar-refractivity contribution in [1.29, 1.82) is 0 Å². The Kier molecular flexibility index (Phi) is 47.1. The van der Waals surface area contributed by atoms with E-state index in [1.54, 1.807) is 0 Å². The normalized spacial score (nSPS) is 13.1. The molecule has 0 aliphatic carbocycles. The van der Waals surface area contributed by atoms with Crippen molar-refractivity contribution in [1.82, 2.24) is 0 Å². The second-order valence-electron chi connectivity index (χ2n) is 16.2.